The van der Waals surface area contributed by atoms with Crippen LogP contribution in [-0.4, -0.2) is 4.98 Å². The Labute approximate surface area is 144 Å². The van der Waals surface area contributed by atoms with Crippen molar-refractivity contribution < 1.29 is 0 Å². The van der Waals surface area contributed by atoms with Crippen molar-refractivity contribution in [2.75, 3.05) is 0 Å². The van der Waals surface area contributed by atoms with E-state index in [9.17, 15) is 0 Å². The van der Waals surface area contributed by atoms with Gasteiger partial charge in [-0.3, -0.25) is 0 Å². The van der Waals surface area contributed by atoms with Crippen molar-refractivity contribution in [2.24, 2.45) is 0 Å². The molecule has 0 bridgehead atoms. The molecule has 2 aromatic rings. The molecule has 1 nitrogen and oxygen atoms in total. The first-order valence-electron chi connectivity index (χ1n) is 6.19. The summed E-state index contributed by atoms with van der Waals surface area (Å²) in [6.07, 6.45) is 4.28. The Kier molecular flexibility index (Phi) is 4.23. The molecule has 6 heteroatoms. The summed E-state index contributed by atoms with van der Waals surface area (Å²) in [6, 6.07) is 8.27. The van der Waals surface area contributed by atoms with E-state index in [2.05, 4.69) is 51.6 Å². The quantitative estimate of drug-likeness (QED) is 0.586. The van der Waals surface area contributed by atoms with Crippen LogP contribution in [0.15, 0.2) is 59.9 Å². The fourth-order valence-electron chi connectivity index (χ4n) is 1.85. The second-order valence-electron chi connectivity index (χ2n) is 4.18. The zero-order valence-electron chi connectivity index (χ0n) is 10.7. The van der Waals surface area contributed by atoms with Crippen LogP contribution in [0.4, 0.5) is 0 Å². The number of fused-ring (bicyclic) bond motifs is 1. The van der Waals surface area contributed by atoms with Gasteiger partial charge in [-0.2, -0.15) is 0 Å². The van der Waals surface area contributed by atoms with Crippen LogP contribution in [0.1, 0.15) is 5.01 Å². The van der Waals surface area contributed by atoms with E-state index < -0.39 is 0 Å². The van der Waals surface area contributed by atoms with Crippen molar-refractivity contribution in [3.8, 4) is 0 Å². The highest BCUT2D eigenvalue weighted by Gasteiger charge is 2.17. The van der Waals surface area contributed by atoms with Gasteiger partial charge in [-0.05, 0) is 40.5 Å². The summed E-state index contributed by atoms with van der Waals surface area (Å²) in [6.45, 7) is 0. The van der Waals surface area contributed by atoms with Gasteiger partial charge in [-0.1, -0.05) is 59.2 Å². The summed E-state index contributed by atoms with van der Waals surface area (Å²) < 4.78 is 4.02. The maximum absolute atomic E-state index is 4.63. The van der Waals surface area contributed by atoms with E-state index >= 15 is 0 Å². The molecule has 21 heavy (non-hydrogen) atoms. The topological polar surface area (TPSA) is 12.9 Å². The Morgan fingerprint density at radius 3 is 2.62 bits per heavy atom. The smallest absolute Gasteiger partial charge is 0.117 e. The zero-order valence-corrected chi connectivity index (χ0v) is 14.8. The summed E-state index contributed by atoms with van der Waals surface area (Å²) >= 11 is 9.02. The molecule has 4 rings (SSSR count). The molecule has 0 fully saturated rings. The molecule has 104 valence electrons. The van der Waals surface area contributed by atoms with Gasteiger partial charge in [0.05, 0.1) is 18.7 Å². The fraction of sp³-hybridized carbons (Fsp3) is 0. The molecule has 0 atom stereocenters. The SMILES string of the molecule is C1=CSC(=C2SC=C(/C=C/c3nc4ccccc4s3)S2)S1. The Morgan fingerprint density at radius 2 is 1.76 bits per heavy atom. The molecular weight excluding hydrogens is 355 g/mol. The number of thioether (sulfide) groups is 4. The molecule has 2 aliphatic heterocycles. The van der Waals surface area contributed by atoms with Gasteiger partial charge in [0.1, 0.15) is 5.01 Å². The third kappa shape index (κ3) is 3.14. The van der Waals surface area contributed by atoms with Crippen LogP contribution in [0.5, 0.6) is 0 Å². The van der Waals surface area contributed by atoms with Gasteiger partial charge in [0.15, 0.2) is 0 Å². The molecule has 0 spiro atoms. The summed E-state index contributed by atoms with van der Waals surface area (Å²) in [4.78, 5) is 5.92. The van der Waals surface area contributed by atoms with Gasteiger partial charge in [-0.25, -0.2) is 4.98 Å². The maximum Gasteiger partial charge on any atom is 0.117 e. The van der Waals surface area contributed by atoms with Gasteiger partial charge in [0.2, 0.25) is 0 Å². The number of hydrogen-bond acceptors (Lipinski definition) is 6. The first-order chi connectivity index (χ1) is 10.4. The Morgan fingerprint density at radius 1 is 0.905 bits per heavy atom. The molecule has 0 unspecified atom stereocenters. The standard InChI is InChI=1S/C15H9NS5/c1-2-4-12-11(3-1)16-13(21-12)6-5-10-9-19-15(20-10)14-17-7-8-18-14/h1-9H/b6-5+. The van der Waals surface area contributed by atoms with Gasteiger partial charge < -0.3 is 0 Å². The Hall–Kier alpha value is -0.530. The molecule has 1 aromatic carbocycles. The minimum Gasteiger partial charge on any atom is -0.237 e. The van der Waals surface area contributed by atoms with E-state index in [-0.39, 0.29) is 0 Å². The van der Waals surface area contributed by atoms with E-state index in [0.717, 1.165) is 10.5 Å². The average Bonchev–Trinajstić information content (AvgIpc) is 3.23. The third-order valence-electron chi connectivity index (χ3n) is 2.77. The highest BCUT2D eigenvalue weighted by molar-refractivity contribution is 8.33. The van der Waals surface area contributed by atoms with Gasteiger partial charge in [0.25, 0.3) is 0 Å². The zero-order chi connectivity index (χ0) is 14.1. The summed E-state index contributed by atoms with van der Waals surface area (Å²) in [7, 11) is 0. The molecule has 0 N–H and O–H groups in total. The molecule has 0 saturated carbocycles. The van der Waals surface area contributed by atoms with Crippen molar-refractivity contribution in [1.29, 1.82) is 0 Å². The van der Waals surface area contributed by atoms with Crippen molar-refractivity contribution in [3.63, 3.8) is 0 Å². The van der Waals surface area contributed by atoms with Crippen LogP contribution in [0, 0.1) is 0 Å². The van der Waals surface area contributed by atoms with Crippen molar-refractivity contribution >= 4 is 74.7 Å². The predicted octanol–water partition coefficient (Wildman–Crippen LogP) is 6.71. The number of allylic oxidation sites excluding steroid dienone is 1. The van der Waals surface area contributed by atoms with Crippen LogP contribution in [0.3, 0.4) is 0 Å². The van der Waals surface area contributed by atoms with Gasteiger partial charge >= 0.3 is 0 Å². The lowest BCUT2D eigenvalue weighted by Crippen LogP contribution is -1.69. The van der Waals surface area contributed by atoms with Crippen molar-refractivity contribution in [1.82, 2.24) is 4.98 Å². The molecule has 3 heterocycles. The molecule has 1 aromatic heterocycles. The van der Waals surface area contributed by atoms with E-state index in [4.69, 9.17) is 0 Å². The minimum atomic E-state index is 1.06. The van der Waals surface area contributed by atoms with E-state index in [1.807, 2.05) is 53.1 Å². The minimum absolute atomic E-state index is 1.06. The van der Waals surface area contributed by atoms with Crippen LogP contribution < -0.4 is 0 Å². The number of thiazole rings is 1. The van der Waals surface area contributed by atoms with Crippen molar-refractivity contribution in [2.45, 2.75) is 0 Å². The molecule has 0 saturated heterocycles. The molecule has 2 aliphatic rings. The van der Waals surface area contributed by atoms with E-state index in [1.54, 1.807) is 11.3 Å². The molecule has 0 amide bonds. The monoisotopic (exact) mass is 363 g/mol. The normalized spacial score (nSPS) is 18.4. The van der Waals surface area contributed by atoms with E-state index in [0.29, 0.717) is 0 Å². The lowest BCUT2D eigenvalue weighted by atomic mass is 10.3. The number of aromatic nitrogens is 1. The van der Waals surface area contributed by atoms with E-state index in [1.165, 1.54) is 18.1 Å². The molecule has 0 radical (unpaired) electrons. The largest absolute Gasteiger partial charge is 0.237 e. The third-order valence-corrected chi connectivity index (χ3v) is 8.77. The number of rotatable bonds is 2. The number of para-hydroxylation sites is 1. The predicted molar refractivity (Wildman–Crippen MR) is 103 cm³/mol. The Bertz CT molecular complexity index is 769. The highest BCUT2D eigenvalue weighted by atomic mass is 32.2. The van der Waals surface area contributed by atoms with Crippen LogP contribution in [-0.2, 0) is 0 Å². The maximum atomic E-state index is 4.63. The first kappa shape index (κ1) is 14.1. The van der Waals surface area contributed by atoms with Gasteiger partial charge in [0, 0.05) is 4.91 Å². The van der Waals surface area contributed by atoms with Crippen molar-refractivity contribution in [3.05, 3.63) is 65.0 Å². The second kappa shape index (κ2) is 6.30. The summed E-state index contributed by atoms with van der Waals surface area (Å²) in [5, 5.41) is 7.57. The number of nitrogens with zero attached hydrogens (tertiary/aromatic N) is 1. The van der Waals surface area contributed by atoms with Crippen LogP contribution in [0.2, 0.25) is 0 Å². The summed E-state index contributed by atoms with van der Waals surface area (Å²) in [5.41, 5.74) is 1.08. The number of hydrogen-bond donors (Lipinski definition) is 0. The average molecular weight is 364 g/mol. The number of benzene rings is 1. The van der Waals surface area contributed by atoms with Gasteiger partial charge in [-0.15, -0.1) is 11.3 Å². The lowest BCUT2D eigenvalue weighted by Gasteiger charge is -1.99. The molecular formula is C15H9NS5. The fourth-order valence-corrected chi connectivity index (χ4v) is 7.07. The Balaban J connectivity index is 1.50. The lowest BCUT2D eigenvalue weighted by molar-refractivity contribution is 1.46. The van der Waals surface area contributed by atoms with Crippen LogP contribution in [0.25, 0.3) is 16.3 Å². The first-order valence-corrected chi connectivity index (χ1v) is 10.5. The summed E-state index contributed by atoms with van der Waals surface area (Å²) in [5.74, 6) is 0. The molecule has 0 aliphatic carbocycles. The second-order valence-corrected chi connectivity index (χ2v) is 9.55. The highest BCUT2D eigenvalue weighted by Crippen LogP contribution is 2.53. The van der Waals surface area contributed by atoms with Crippen LogP contribution >= 0.6 is 58.4 Å².